The van der Waals surface area contributed by atoms with E-state index in [1.165, 1.54) is 14.0 Å². The molecule has 1 aromatic heterocycles. The highest BCUT2D eigenvalue weighted by Gasteiger charge is 2.20. The molecule has 0 bridgehead atoms. The van der Waals surface area contributed by atoms with Crippen LogP contribution in [0.3, 0.4) is 0 Å². The molecule has 9 nitrogen and oxygen atoms in total. The van der Waals surface area contributed by atoms with E-state index in [1.807, 2.05) is 0 Å². The molecular formula is C21H21N3O6. The molecule has 30 heavy (non-hydrogen) atoms. The SMILES string of the molecule is COc1ccccc1NC(=O)C(C)OC(=O)c1ccc(OCc2noc(C)n2)cc1. The minimum atomic E-state index is -1.00. The molecule has 0 aliphatic heterocycles. The fourth-order valence-electron chi connectivity index (χ4n) is 2.50. The van der Waals surface area contributed by atoms with Gasteiger partial charge in [0.05, 0.1) is 18.4 Å². The fourth-order valence-corrected chi connectivity index (χ4v) is 2.50. The molecule has 1 N–H and O–H groups in total. The number of hydrogen-bond acceptors (Lipinski definition) is 8. The Morgan fingerprint density at radius 2 is 1.87 bits per heavy atom. The van der Waals surface area contributed by atoms with Crippen LogP contribution in [0, 0.1) is 6.92 Å². The largest absolute Gasteiger partial charge is 0.495 e. The number of methoxy groups -OCH3 is 1. The van der Waals surface area contributed by atoms with Crippen molar-refractivity contribution in [1.82, 2.24) is 10.1 Å². The maximum absolute atomic E-state index is 12.3. The number of benzene rings is 2. The first-order chi connectivity index (χ1) is 14.5. The van der Waals surface area contributed by atoms with Crippen molar-refractivity contribution in [1.29, 1.82) is 0 Å². The second kappa shape index (κ2) is 9.55. The first-order valence-corrected chi connectivity index (χ1v) is 9.13. The van der Waals surface area contributed by atoms with Crippen molar-refractivity contribution in [3.63, 3.8) is 0 Å². The molecule has 0 aliphatic carbocycles. The molecule has 1 heterocycles. The Balaban J connectivity index is 1.53. The fraction of sp³-hybridized carbons (Fsp3) is 0.238. The first kappa shape index (κ1) is 20.8. The average molecular weight is 411 g/mol. The van der Waals surface area contributed by atoms with Gasteiger partial charge in [-0.15, -0.1) is 0 Å². The predicted octanol–water partition coefficient (Wildman–Crippen LogP) is 3.15. The number of carbonyl (C=O) groups excluding carboxylic acids is 2. The maximum atomic E-state index is 12.3. The number of ether oxygens (including phenoxy) is 3. The van der Waals surface area contributed by atoms with E-state index in [0.717, 1.165) is 0 Å². The average Bonchev–Trinajstić information content (AvgIpc) is 3.18. The summed E-state index contributed by atoms with van der Waals surface area (Å²) in [6.45, 7) is 3.32. The number of para-hydroxylation sites is 2. The highest BCUT2D eigenvalue weighted by Crippen LogP contribution is 2.23. The van der Waals surface area contributed by atoms with Crippen LogP contribution in [-0.4, -0.2) is 35.2 Å². The van der Waals surface area contributed by atoms with E-state index in [-0.39, 0.29) is 12.2 Å². The van der Waals surface area contributed by atoms with Crippen molar-refractivity contribution >= 4 is 17.6 Å². The Bertz CT molecular complexity index is 1020. The van der Waals surface area contributed by atoms with Crippen molar-refractivity contribution in [2.45, 2.75) is 26.6 Å². The molecule has 156 valence electrons. The van der Waals surface area contributed by atoms with Crippen LogP contribution >= 0.6 is 0 Å². The molecule has 1 amide bonds. The van der Waals surface area contributed by atoms with E-state index >= 15 is 0 Å². The monoisotopic (exact) mass is 411 g/mol. The van der Waals surface area contributed by atoms with Gasteiger partial charge in [-0.05, 0) is 43.3 Å². The van der Waals surface area contributed by atoms with E-state index in [0.29, 0.717) is 28.9 Å². The molecule has 0 saturated carbocycles. The summed E-state index contributed by atoms with van der Waals surface area (Å²) in [5.74, 6) is 0.814. The summed E-state index contributed by atoms with van der Waals surface area (Å²) in [6.07, 6.45) is -1.00. The highest BCUT2D eigenvalue weighted by atomic mass is 16.5. The van der Waals surface area contributed by atoms with Gasteiger partial charge < -0.3 is 24.1 Å². The van der Waals surface area contributed by atoms with Gasteiger partial charge in [0.15, 0.2) is 12.7 Å². The molecule has 0 radical (unpaired) electrons. The molecule has 9 heteroatoms. The molecule has 0 spiro atoms. The molecule has 1 unspecified atom stereocenters. The summed E-state index contributed by atoms with van der Waals surface area (Å²) in [5, 5.41) is 6.42. The molecule has 0 saturated heterocycles. The van der Waals surface area contributed by atoms with Gasteiger partial charge in [-0.3, -0.25) is 4.79 Å². The van der Waals surface area contributed by atoms with E-state index in [2.05, 4.69) is 15.5 Å². The zero-order chi connectivity index (χ0) is 21.5. The number of hydrogen-bond donors (Lipinski definition) is 1. The summed E-state index contributed by atoms with van der Waals surface area (Å²) < 4.78 is 20.8. The van der Waals surface area contributed by atoms with Crippen molar-refractivity contribution in [2.75, 3.05) is 12.4 Å². The summed E-state index contributed by atoms with van der Waals surface area (Å²) in [7, 11) is 1.51. The number of rotatable bonds is 8. The van der Waals surface area contributed by atoms with E-state index in [1.54, 1.807) is 55.5 Å². The normalized spacial score (nSPS) is 11.4. The highest BCUT2D eigenvalue weighted by molar-refractivity contribution is 5.98. The van der Waals surface area contributed by atoms with Gasteiger partial charge in [-0.2, -0.15) is 4.98 Å². The van der Waals surface area contributed by atoms with Crippen molar-refractivity contribution in [3.8, 4) is 11.5 Å². The lowest BCUT2D eigenvalue weighted by Gasteiger charge is -2.15. The smallest absolute Gasteiger partial charge is 0.338 e. The minimum absolute atomic E-state index is 0.140. The Morgan fingerprint density at radius 3 is 2.53 bits per heavy atom. The molecule has 3 aromatic rings. The van der Waals surface area contributed by atoms with Crippen LogP contribution in [-0.2, 0) is 16.1 Å². The van der Waals surface area contributed by atoms with E-state index in [9.17, 15) is 9.59 Å². The van der Waals surface area contributed by atoms with Crippen molar-refractivity contribution < 1.29 is 28.3 Å². The van der Waals surface area contributed by atoms with Gasteiger partial charge >= 0.3 is 5.97 Å². The summed E-state index contributed by atoms with van der Waals surface area (Å²) >= 11 is 0. The number of anilines is 1. The second-order valence-electron chi connectivity index (χ2n) is 6.28. The quantitative estimate of drug-likeness (QED) is 0.563. The summed E-state index contributed by atoms with van der Waals surface area (Å²) in [6, 6.07) is 13.3. The van der Waals surface area contributed by atoms with Crippen LogP contribution in [0.25, 0.3) is 0 Å². The van der Waals surface area contributed by atoms with Crippen LogP contribution < -0.4 is 14.8 Å². The maximum Gasteiger partial charge on any atom is 0.338 e. The minimum Gasteiger partial charge on any atom is -0.495 e. The number of amides is 1. The Kier molecular flexibility index (Phi) is 6.63. The number of carbonyl (C=O) groups is 2. The summed E-state index contributed by atoms with van der Waals surface area (Å²) in [5.41, 5.74) is 0.779. The number of nitrogens with zero attached hydrogens (tertiary/aromatic N) is 2. The molecule has 1 atom stereocenters. The Labute approximate surface area is 172 Å². The molecule has 3 rings (SSSR count). The molecule has 0 fully saturated rings. The molecule has 2 aromatic carbocycles. The van der Waals surface area contributed by atoms with E-state index in [4.69, 9.17) is 18.7 Å². The Morgan fingerprint density at radius 1 is 1.13 bits per heavy atom. The lowest BCUT2D eigenvalue weighted by Crippen LogP contribution is -2.30. The first-order valence-electron chi connectivity index (χ1n) is 9.13. The van der Waals surface area contributed by atoms with Gasteiger partial charge in [0.1, 0.15) is 11.5 Å². The molecular weight excluding hydrogens is 390 g/mol. The third-order valence-corrected chi connectivity index (χ3v) is 4.05. The van der Waals surface area contributed by atoms with Crippen LogP contribution in [0.15, 0.2) is 53.1 Å². The third kappa shape index (κ3) is 5.34. The number of nitrogens with one attached hydrogen (secondary N) is 1. The van der Waals surface area contributed by atoms with Gasteiger partial charge in [-0.1, -0.05) is 17.3 Å². The van der Waals surface area contributed by atoms with Crippen LogP contribution in [0.5, 0.6) is 11.5 Å². The van der Waals surface area contributed by atoms with Gasteiger partial charge in [-0.25, -0.2) is 4.79 Å². The predicted molar refractivity (Wildman–Crippen MR) is 106 cm³/mol. The van der Waals surface area contributed by atoms with Crippen LogP contribution in [0.1, 0.15) is 29.0 Å². The summed E-state index contributed by atoms with van der Waals surface area (Å²) in [4.78, 5) is 28.7. The molecule has 0 aliphatic rings. The number of aryl methyl sites for hydroxylation is 1. The van der Waals surface area contributed by atoms with Gasteiger partial charge in [0, 0.05) is 6.92 Å². The lowest BCUT2D eigenvalue weighted by atomic mass is 10.2. The number of aromatic nitrogens is 2. The van der Waals surface area contributed by atoms with Crippen LogP contribution in [0.4, 0.5) is 5.69 Å². The third-order valence-electron chi connectivity index (χ3n) is 4.05. The van der Waals surface area contributed by atoms with Gasteiger partial charge in [0.2, 0.25) is 11.7 Å². The zero-order valence-electron chi connectivity index (χ0n) is 16.7. The lowest BCUT2D eigenvalue weighted by molar-refractivity contribution is -0.123. The number of esters is 1. The van der Waals surface area contributed by atoms with Crippen molar-refractivity contribution in [3.05, 3.63) is 65.8 Å². The zero-order valence-corrected chi connectivity index (χ0v) is 16.7. The second-order valence-corrected chi connectivity index (χ2v) is 6.28. The topological polar surface area (TPSA) is 113 Å². The van der Waals surface area contributed by atoms with Crippen molar-refractivity contribution in [2.24, 2.45) is 0 Å². The van der Waals surface area contributed by atoms with Gasteiger partial charge in [0.25, 0.3) is 5.91 Å². The van der Waals surface area contributed by atoms with Crippen LogP contribution in [0.2, 0.25) is 0 Å². The van der Waals surface area contributed by atoms with E-state index < -0.39 is 18.0 Å². The standard InChI is InChI=1S/C21H21N3O6/c1-13(20(25)23-17-6-4-5-7-18(17)27-3)29-21(26)15-8-10-16(11-9-15)28-12-19-22-14(2)30-24-19/h4-11,13H,12H2,1-3H3,(H,23,25). The Hall–Kier alpha value is -3.88.